The largest absolute Gasteiger partial charge is 0.339 e. The van der Waals surface area contributed by atoms with Gasteiger partial charge in [0.1, 0.15) is 5.78 Å². The highest BCUT2D eigenvalue weighted by molar-refractivity contribution is 5.82. The molecule has 0 aliphatic rings. The standard InChI is InChI=1S/C11H18N2O2/c1-4-6-7-10-12-11(15-13-10)9(5-2)8(3)14/h9H,4-7H2,1-3H3. The van der Waals surface area contributed by atoms with Crippen molar-refractivity contribution in [3.8, 4) is 0 Å². The van der Waals surface area contributed by atoms with E-state index in [1.54, 1.807) is 6.92 Å². The maximum atomic E-state index is 11.3. The zero-order valence-corrected chi connectivity index (χ0v) is 9.62. The first-order valence-electron chi connectivity index (χ1n) is 5.52. The normalized spacial score (nSPS) is 12.7. The van der Waals surface area contributed by atoms with Crippen molar-refractivity contribution >= 4 is 5.78 Å². The number of hydrogen-bond acceptors (Lipinski definition) is 4. The van der Waals surface area contributed by atoms with E-state index in [1.165, 1.54) is 0 Å². The molecule has 0 aliphatic heterocycles. The zero-order chi connectivity index (χ0) is 11.3. The zero-order valence-electron chi connectivity index (χ0n) is 9.62. The molecule has 1 unspecified atom stereocenters. The Labute approximate surface area is 90.1 Å². The van der Waals surface area contributed by atoms with Crippen LogP contribution < -0.4 is 0 Å². The van der Waals surface area contributed by atoms with Gasteiger partial charge in [-0.2, -0.15) is 4.98 Å². The van der Waals surface area contributed by atoms with E-state index < -0.39 is 0 Å². The van der Waals surface area contributed by atoms with Crippen LogP contribution in [0.5, 0.6) is 0 Å². The van der Waals surface area contributed by atoms with Crippen LogP contribution >= 0.6 is 0 Å². The van der Waals surface area contributed by atoms with Crippen LogP contribution in [0.15, 0.2) is 4.52 Å². The van der Waals surface area contributed by atoms with Gasteiger partial charge in [-0.3, -0.25) is 4.79 Å². The van der Waals surface area contributed by atoms with Crippen molar-refractivity contribution in [2.75, 3.05) is 0 Å². The lowest BCUT2D eigenvalue weighted by Gasteiger charge is -2.03. The summed E-state index contributed by atoms with van der Waals surface area (Å²) >= 11 is 0. The van der Waals surface area contributed by atoms with E-state index in [9.17, 15) is 4.79 Å². The molecule has 0 radical (unpaired) electrons. The fourth-order valence-electron chi connectivity index (χ4n) is 1.48. The van der Waals surface area contributed by atoms with Gasteiger partial charge in [0.15, 0.2) is 5.82 Å². The van der Waals surface area contributed by atoms with Gasteiger partial charge in [-0.15, -0.1) is 0 Å². The predicted octanol–water partition coefficient (Wildman–Crippen LogP) is 2.49. The molecule has 1 aromatic rings. The Kier molecular flexibility index (Phi) is 4.46. The predicted molar refractivity (Wildman–Crippen MR) is 56.6 cm³/mol. The number of unbranched alkanes of at least 4 members (excludes halogenated alkanes) is 1. The summed E-state index contributed by atoms with van der Waals surface area (Å²) in [5, 5.41) is 3.87. The van der Waals surface area contributed by atoms with Crippen molar-refractivity contribution in [3.63, 3.8) is 0 Å². The van der Waals surface area contributed by atoms with Gasteiger partial charge in [0.05, 0.1) is 5.92 Å². The van der Waals surface area contributed by atoms with E-state index in [1.807, 2.05) is 6.92 Å². The molecule has 0 saturated heterocycles. The number of rotatable bonds is 6. The minimum absolute atomic E-state index is 0.0863. The molecule has 0 amide bonds. The third-order valence-electron chi connectivity index (χ3n) is 2.43. The quantitative estimate of drug-likeness (QED) is 0.723. The summed E-state index contributed by atoms with van der Waals surface area (Å²) in [6, 6.07) is 0. The van der Waals surface area contributed by atoms with E-state index in [0.29, 0.717) is 18.1 Å². The number of hydrogen-bond donors (Lipinski definition) is 0. The Morgan fingerprint density at radius 3 is 2.73 bits per heavy atom. The summed E-state index contributed by atoms with van der Waals surface area (Å²) in [6.07, 6.45) is 3.70. The van der Waals surface area contributed by atoms with E-state index in [-0.39, 0.29) is 11.7 Å². The Hall–Kier alpha value is -1.19. The summed E-state index contributed by atoms with van der Waals surface area (Å²) in [5.41, 5.74) is 0. The summed E-state index contributed by atoms with van der Waals surface area (Å²) in [5.74, 6) is 1.04. The molecule has 1 heterocycles. The maximum Gasteiger partial charge on any atom is 0.237 e. The van der Waals surface area contributed by atoms with Gasteiger partial charge in [0.2, 0.25) is 5.89 Å². The van der Waals surface area contributed by atoms with Gasteiger partial charge in [0.25, 0.3) is 0 Å². The van der Waals surface area contributed by atoms with Crippen LogP contribution in [0.2, 0.25) is 0 Å². The third-order valence-corrected chi connectivity index (χ3v) is 2.43. The highest BCUT2D eigenvalue weighted by Gasteiger charge is 2.21. The molecule has 15 heavy (non-hydrogen) atoms. The van der Waals surface area contributed by atoms with Crippen molar-refractivity contribution < 1.29 is 9.32 Å². The topological polar surface area (TPSA) is 56.0 Å². The third kappa shape index (κ3) is 3.15. The van der Waals surface area contributed by atoms with Gasteiger partial charge < -0.3 is 4.52 Å². The van der Waals surface area contributed by atoms with Gasteiger partial charge >= 0.3 is 0 Å². The molecule has 0 aliphatic carbocycles. The lowest BCUT2D eigenvalue weighted by Crippen LogP contribution is -2.08. The van der Waals surface area contributed by atoms with Crippen molar-refractivity contribution in [3.05, 3.63) is 11.7 Å². The van der Waals surface area contributed by atoms with Crippen LogP contribution in [0.1, 0.15) is 57.7 Å². The van der Waals surface area contributed by atoms with Crippen LogP contribution in [0, 0.1) is 0 Å². The van der Waals surface area contributed by atoms with Gasteiger partial charge in [-0.25, -0.2) is 0 Å². The molecule has 0 bridgehead atoms. The summed E-state index contributed by atoms with van der Waals surface area (Å²) < 4.78 is 5.09. The fourth-order valence-corrected chi connectivity index (χ4v) is 1.48. The van der Waals surface area contributed by atoms with Gasteiger partial charge in [-0.1, -0.05) is 25.4 Å². The Bertz CT molecular complexity index is 320. The Morgan fingerprint density at radius 2 is 2.20 bits per heavy atom. The average Bonchev–Trinajstić information content (AvgIpc) is 2.64. The second kappa shape index (κ2) is 5.63. The number of carbonyl (C=O) groups is 1. The highest BCUT2D eigenvalue weighted by atomic mass is 16.5. The average molecular weight is 210 g/mol. The number of aromatic nitrogens is 2. The maximum absolute atomic E-state index is 11.3. The monoisotopic (exact) mass is 210 g/mol. The first-order valence-corrected chi connectivity index (χ1v) is 5.52. The van der Waals surface area contributed by atoms with Crippen LogP contribution in [-0.4, -0.2) is 15.9 Å². The molecule has 0 saturated carbocycles. The molecule has 1 atom stereocenters. The Morgan fingerprint density at radius 1 is 1.47 bits per heavy atom. The molecule has 0 spiro atoms. The molecule has 1 rings (SSSR count). The number of Topliss-reactive ketones (excluding diaryl/α,β-unsaturated/α-hetero) is 1. The molecule has 0 fully saturated rings. The number of nitrogens with zero attached hydrogens (tertiary/aromatic N) is 2. The summed E-state index contributed by atoms with van der Waals surface area (Å²) in [4.78, 5) is 15.5. The van der Waals surface area contributed by atoms with E-state index in [4.69, 9.17) is 4.52 Å². The molecule has 0 N–H and O–H groups in total. The number of carbonyl (C=O) groups excluding carboxylic acids is 1. The van der Waals surface area contributed by atoms with E-state index >= 15 is 0 Å². The SMILES string of the molecule is CCCCc1noc(C(CC)C(C)=O)n1. The second-order valence-electron chi connectivity index (χ2n) is 3.72. The van der Waals surface area contributed by atoms with E-state index in [0.717, 1.165) is 19.3 Å². The molecule has 4 heteroatoms. The molecule has 1 aromatic heterocycles. The lowest BCUT2D eigenvalue weighted by atomic mass is 10.0. The van der Waals surface area contributed by atoms with Crippen LogP contribution in [-0.2, 0) is 11.2 Å². The van der Waals surface area contributed by atoms with Crippen molar-refractivity contribution in [1.29, 1.82) is 0 Å². The smallest absolute Gasteiger partial charge is 0.237 e. The van der Waals surface area contributed by atoms with E-state index in [2.05, 4.69) is 17.1 Å². The van der Waals surface area contributed by atoms with Crippen LogP contribution in [0.3, 0.4) is 0 Å². The molecular weight excluding hydrogens is 192 g/mol. The number of ketones is 1. The minimum Gasteiger partial charge on any atom is -0.339 e. The highest BCUT2D eigenvalue weighted by Crippen LogP contribution is 2.18. The van der Waals surface area contributed by atoms with Gasteiger partial charge in [0, 0.05) is 6.42 Å². The molecular formula is C11H18N2O2. The molecule has 4 nitrogen and oxygen atoms in total. The van der Waals surface area contributed by atoms with Crippen LogP contribution in [0.4, 0.5) is 0 Å². The summed E-state index contributed by atoms with van der Waals surface area (Å²) in [7, 11) is 0. The second-order valence-corrected chi connectivity index (χ2v) is 3.72. The van der Waals surface area contributed by atoms with Crippen LogP contribution in [0.25, 0.3) is 0 Å². The first kappa shape index (κ1) is 11.9. The minimum atomic E-state index is -0.229. The van der Waals surface area contributed by atoms with Crippen molar-refractivity contribution in [2.45, 2.75) is 52.4 Å². The first-order chi connectivity index (χ1) is 7.19. The molecule has 84 valence electrons. The van der Waals surface area contributed by atoms with Crippen molar-refractivity contribution in [2.24, 2.45) is 0 Å². The lowest BCUT2D eigenvalue weighted by molar-refractivity contribution is -0.119. The summed E-state index contributed by atoms with van der Waals surface area (Å²) in [6.45, 7) is 5.62. The van der Waals surface area contributed by atoms with Gasteiger partial charge in [-0.05, 0) is 19.8 Å². The Balaban J connectivity index is 2.69. The molecule has 0 aromatic carbocycles. The fraction of sp³-hybridized carbons (Fsp3) is 0.727. The number of aryl methyl sites for hydroxylation is 1. The van der Waals surface area contributed by atoms with Crippen molar-refractivity contribution in [1.82, 2.24) is 10.1 Å².